The maximum absolute atomic E-state index is 13.4. The summed E-state index contributed by atoms with van der Waals surface area (Å²) in [5.74, 6) is -2.55. The van der Waals surface area contributed by atoms with E-state index in [0.717, 1.165) is 17.8 Å². The van der Waals surface area contributed by atoms with Gasteiger partial charge in [0.25, 0.3) is 0 Å². The highest BCUT2D eigenvalue weighted by molar-refractivity contribution is 6.05. The standard InChI is InChI=1S/C17H13F2N3O2.ClH/c1-9-3-5-11-15(22-10-4-6-13(18)14(19)7-10)12(17(23)24-2)8-20-16(11)21-9;/h3-8H,1-2H3,(H,20,21,22);1H. The highest BCUT2D eigenvalue weighted by atomic mass is 35.5. The average Bonchev–Trinajstić information content (AvgIpc) is 2.57. The summed E-state index contributed by atoms with van der Waals surface area (Å²) in [6.07, 6.45) is 1.34. The Hall–Kier alpha value is -2.80. The molecule has 0 saturated carbocycles. The molecule has 3 aromatic rings. The zero-order valence-corrected chi connectivity index (χ0v) is 14.2. The molecule has 0 fully saturated rings. The van der Waals surface area contributed by atoms with Gasteiger partial charge >= 0.3 is 5.97 Å². The fraction of sp³-hybridized carbons (Fsp3) is 0.118. The Morgan fingerprint density at radius 1 is 1.16 bits per heavy atom. The molecule has 0 bridgehead atoms. The van der Waals surface area contributed by atoms with E-state index in [1.54, 1.807) is 12.1 Å². The number of methoxy groups -OCH3 is 1. The first kappa shape index (κ1) is 18.5. The molecule has 0 unspecified atom stereocenters. The molecule has 0 aliphatic heterocycles. The van der Waals surface area contributed by atoms with Crippen LogP contribution in [0.3, 0.4) is 0 Å². The van der Waals surface area contributed by atoms with Crippen LogP contribution in [0.15, 0.2) is 36.5 Å². The van der Waals surface area contributed by atoms with Crippen LogP contribution in [0.25, 0.3) is 11.0 Å². The largest absolute Gasteiger partial charge is 0.465 e. The van der Waals surface area contributed by atoms with Crippen molar-refractivity contribution in [2.45, 2.75) is 6.92 Å². The van der Waals surface area contributed by atoms with Crippen LogP contribution in [0.2, 0.25) is 0 Å². The number of ether oxygens (including phenoxy) is 1. The minimum absolute atomic E-state index is 0. The summed E-state index contributed by atoms with van der Waals surface area (Å²) in [5.41, 5.74) is 2.00. The van der Waals surface area contributed by atoms with E-state index in [4.69, 9.17) is 4.74 Å². The van der Waals surface area contributed by atoms with Crippen molar-refractivity contribution < 1.29 is 18.3 Å². The van der Waals surface area contributed by atoms with Gasteiger partial charge in [-0.3, -0.25) is 0 Å². The molecule has 0 amide bonds. The quantitative estimate of drug-likeness (QED) is 0.706. The minimum Gasteiger partial charge on any atom is -0.465 e. The lowest BCUT2D eigenvalue weighted by Crippen LogP contribution is -2.08. The lowest BCUT2D eigenvalue weighted by atomic mass is 10.1. The number of hydrogen-bond donors (Lipinski definition) is 1. The molecule has 8 heteroatoms. The predicted octanol–water partition coefficient (Wildman–Crippen LogP) is 4.17. The minimum atomic E-state index is -0.994. The third-order valence-corrected chi connectivity index (χ3v) is 3.46. The first-order valence-electron chi connectivity index (χ1n) is 7.06. The van der Waals surface area contributed by atoms with Crippen molar-refractivity contribution in [3.63, 3.8) is 0 Å². The van der Waals surface area contributed by atoms with E-state index in [9.17, 15) is 13.6 Å². The van der Waals surface area contributed by atoms with Gasteiger partial charge in [0.05, 0.1) is 12.8 Å². The highest BCUT2D eigenvalue weighted by Gasteiger charge is 2.17. The van der Waals surface area contributed by atoms with Gasteiger partial charge in [0.2, 0.25) is 0 Å². The Labute approximate surface area is 148 Å². The van der Waals surface area contributed by atoms with Gasteiger partial charge < -0.3 is 10.1 Å². The number of fused-ring (bicyclic) bond motifs is 1. The molecular formula is C17H14ClF2N3O2. The van der Waals surface area contributed by atoms with E-state index in [-0.39, 0.29) is 23.7 Å². The van der Waals surface area contributed by atoms with Crippen molar-refractivity contribution >= 4 is 40.8 Å². The molecule has 1 aromatic carbocycles. The van der Waals surface area contributed by atoms with Gasteiger partial charge in [-0.25, -0.2) is 23.5 Å². The summed E-state index contributed by atoms with van der Waals surface area (Å²) >= 11 is 0. The van der Waals surface area contributed by atoms with E-state index in [2.05, 4.69) is 15.3 Å². The SMILES string of the molecule is COC(=O)c1cnc2nc(C)ccc2c1Nc1ccc(F)c(F)c1.Cl. The molecule has 2 heterocycles. The number of rotatable bonds is 3. The van der Waals surface area contributed by atoms with E-state index in [0.29, 0.717) is 16.7 Å². The molecule has 0 radical (unpaired) electrons. The molecule has 130 valence electrons. The molecular weight excluding hydrogens is 352 g/mol. The Bertz CT molecular complexity index is 951. The molecule has 2 aromatic heterocycles. The van der Waals surface area contributed by atoms with Crippen molar-refractivity contribution in [1.82, 2.24) is 9.97 Å². The summed E-state index contributed by atoms with van der Waals surface area (Å²) in [6, 6.07) is 6.89. The maximum Gasteiger partial charge on any atom is 0.341 e. The summed E-state index contributed by atoms with van der Waals surface area (Å²) in [7, 11) is 1.25. The fourth-order valence-electron chi connectivity index (χ4n) is 2.29. The van der Waals surface area contributed by atoms with Gasteiger partial charge in [0, 0.05) is 29.0 Å². The second-order valence-electron chi connectivity index (χ2n) is 5.12. The van der Waals surface area contributed by atoms with Crippen LogP contribution < -0.4 is 5.32 Å². The second kappa shape index (κ2) is 7.40. The van der Waals surface area contributed by atoms with Crippen molar-refractivity contribution in [3.8, 4) is 0 Å². The van der Waals surface area contributed by atoms with E-state index < -0.39 is 17.6 Å². The smallest absolute Gasteiger partial charge is 0.341 e. The third kappa shape index (κ3) is 3.66. The lowest BCUT2D eigenvalue weighted by Gasteiger charge is -2.13. The summed E-state index contributed by atoms with van der Waals surface area (Å²) < 4.78 is 31.3. The topological polar surface area (TPSA) is 64.1 Å². The Balaban J connectivity index is 0.00000225. The Morgan fingerprint density at radius 2 is 1.92 bits per heavy atom. The second-order valence-corrected chi connectivity index (χ2v) is 5.12. The van der Waals surface area contributed by atoms with Gasteiger partial charge in [-0.05, 0) is 31.2 Å². The van der Waals surface area contributed by atoms with Crippen LogP contribution in [0.4, 0.5) is 20.2 Å². The number of hydrogen-bond acceptors (Lipinski definition) is 5. The zero-order valence-electron chi connectivity index (χ0n) is 13.3. The van der Waals surface area contributed by atoms with Crippen LogP contribution in [0.1, 0.15) is 16.1 Å². The number of aromatic nitrogens is 2. The average molecular weight is 366 g/mol. The molecule has 3 rings (SSSR count). The van der Waals surface area contributed by atoms with Gasteiger partial charge in [-0.1, -0.05) is 0 Å². The van der Waals surface area contributed by atoms with E-state index >= 15 is 0 Å². The zero-order chi connectivity index (χ0) is 17.3. The number of carbonyl (C=O) groups is 1. The van der Waals surface area contributed by atoms with Crippen LogP contribution in [0, 0.1) is 18.6 Å². The molecule has 0 saturated heterocycles. The molecule has 25 heavy (non-hydrogen) atoms. The summed E-state index contributed by atoms with van der Waals surface area (Å²) in [4.78, 5) is 20.5. The van der Waals surface area contributed by atoms with Crippen molar-refractivity contribution in [2.24, 2.45) is 0 Å². The molecule has 1 N–H and O–H groups in total. The fourth-order valence-corrected chi connectivity index (χ4v) is 2.29. The Kier molecular flexibility index (Phi) is 5.48. The number of esters is 1. The molecule has 0 spiro atoms. The van der Waals surface area contributed by atoms with Crippen LogP contribution in [-0.2, 0) is 4.74 Å². The van der Waals surface area contributed by atoms with Gasteiger partial charge in [-0.2, -0.15) is 0 Å². The number of pyridine rings is 2. The molecule has 0 aliphatic carbocycles. The van der Waals surface area contributed by atoms with Crippen molar-refractivity contribution in [3.05, 3.63) is 59.4 Å². The number of nitrogens with one attached hydrogen (secondary N) is 1. The summed E-state index contributed by atoms with van der Waals surface area (Å²) in [6.45, 7) is 1.82. The molecule has 5 nitrogen and oxygen atoms in total. The first-order chi connectivity index (χ1) is 11.5. The highest BCUT2D eigenvalue weighted by Crippen LogP contribution is 2.29. The number of carbonyl (C=O) groups excluding carboxylic acids is 1. The molecule has 0 aliphatic rings. The molecule has 0 atom stereocenters. The normalized spacial score (nSPS) is 10.2. The van der Waals surface area contributed by atoms with Crippen molar-refractivity contribution in [1.29, 1.82) is 0 Å². The van der Waals surface area contributed by atoms with Gasteiger partial charge in [-0.15, -0.1) is 12.4 Å². The van der Waals surface area contributed by atoms with Gasteiger partial charge in [0.15, 0.2) is 17.3 Å². The van der Waals surface area contributed by atoms with E-state index in [1.807, 2.05) is 6.92 Å². The number of anilines is 2. The van der Waals surface area contributed by atoms with Crippen LogP contribution in [0.5, 0.6) is 0 Å². The number of nitrogens with zero attached hydrogens (tertiary/aromatic N) is 2. The number of aryl methyl sites for hydroxylation is 1. The number of benzene rings is 1. The number of halogens is 3. The third-order valence-electron chi connectivity index (χ3n) is 3.46. The lowest BCUT2D eigenvalue weighted by molar-refractivity contribution is 0.0601. The van der Waals surface area contributed by atoms with E-state index in [1.165, 1.54) is 19.4 Å². The van der Waals surface area contributed by atoms with Gasteiger partial charge in [0.1, 0.15) is 5.56 Å². The van der Waals surface area contributed by atoms with Crippen LogP contribution in [-0.4, -0.2) is 23.0 Å². The summed E-state index contributed by atoms with van der Waals surface area (Å²) in [5, 5.41) is 3.49. The van der Waals surface area contributed by atoms with Crippen molar-refractivity contribution in [2.75, 3.05) is 12.4 Å². The monoisotopic (exact) mass is 365 g/mol. The maximum atomic E-state index is 13.4. The van der Waals surface area contributed by atoms with Crippen LogP contribution >= 0.6 is 12.4 Å². The Morgan fingerprint density at radius 3 is 2.60 bits per heavy atom. The predicted molar refractivity (Wildman–Crippen MR) is 92.5 cm³/mol. The first-order valence-corrected chi connectivity index (χ1v) is 7.06.